The van der Waals surface area contributed by atoms with Crippen molar-refractivity contribution >= 4 is 26.0 Å². The van der Waals surface area contributed by atoms with E-state index in [1.165, 1.54) is 13.8 Å². The molecule has 0 aromatic rings. The van der Waals surface area contributed by atoms with E-state index in [0.29, 0.717) is 4.31 Å². The minimum Gasteiger partial charge on any atom is -0.452 e. The Morgan fingerprint density at radius 1 is 1.50 bits per heavy atom. The number of hydrogen-bond acceptors (Lipinski definition) is 4. The molecule has 0 radical (unpaired) electrons. The van der Waals surface area contributed by atoms with Gasteiger partial charge in [-0.05, 0) is 13.8 Å². The molecule has 0 aromatic carbocycles. The lowest BCUT2D eigenvalue weighted by atomic mass is 10.4. The van der Waals surface area contributed by atoms with Gasteiger partial charge in [0, 0.05) is 16.7 Å². The van der Waals surface area contributed by atoms with Crippen molar-refractivity contribution in [2.45, 2.75) is 19.9 Å². The largest absolute Gasteiger partial charge is 0.452 e. The standard InChI is InChI=1S/C5H10ClNO4S/c1-4(2)7(5(8)11-3)12(6,9)10/h4H,1-3H3. The maximum Gasteiger partial charge on any atom is 0.424 e. The van der Waals surface area contributed by atoms with Crippen LogP contribution in [0.15, 0.2) is 0 Å². The smallest absolute Gasteiger partial charge is 0.424 e. The third kappa shape index (κ3) is 2.86. The average Bonchev–Trinajstić information content (AvgIpc) is 1.83. The van der Waals surface area contributed by atoms with E-state index in [2.05, 4.69) is 4.74 Å². The van der Waals surface area contributed by atoms with Gasteiger partial charge in [-0.1, -0.05) is 0 Å². The zero-order valence-electron chi connectivity index (χ0n) is 6.94. The molecule has 0 aromatic heterocycles. The van der Waals surface area contributed by atoms with Crippen LogP contribution in [-0.4, -0.2) is 32.0 Å². The summed E-state index contributed by atoms with van der Waals surface area (Å²) in [4.78, 5) is 10.8. The highest BCUT2D eigenvalue weighted by Crippen LogP contribution is 2.12. The Morgan fingerprint density at radius 3 is 2.00 bits per heavy atom. The molecule has 7 heteroatoms. The topological polar surface area (TPSA) is 63.7 Å². The summed E-state index contributed by atoms with van der Waals surface area (Å²) in [5.74, 6) is 0. The van der Waals surface area contributed by atoms with Crippen LogP contribution < -0.4 is 0 Å². The second-order valence-corrected chi connectivity index (χ2v) is 4.69. The molecule has 0 rings (SSSR count). The summed E-state index contributed by atoms with van der Waals surface area (Å²) in [6.45, 7) is 3.02. The number of methoxy groups -OCH3 is 1. The molecular weight excluding hydrogens is 206 g/mol. The first-order valence-corrected chi connectivity index (χ1v) is 5.39. The first kappa shape index (κ1) is 11.5. The minimum atomic E-state index is -4.04. The second-order valence-electron chi connectivity index (χ2n) is 2.30. The molecule has 12 heavy (non-hydrogen) atoms. The predicted molar refractivity (Wildman–Crippen MR) is 44.2 cm³/mol. The number of nitrogens with zero attached hydrogens (tertiary/aromatic N) is 1. The minimum absolute atomic E-state index is 0.453. The third-order valence-electron chi connectivity index (χ3n) is 1.06. The summed E-state index contributed by atoms with van der Waals surface area (Å²) >= 11 is 0. The first-order valence-electron chi connectivity index (χ1n) is 3.12. The number of ether oxygens (including phenoxy) is 1. The fraction of sp³-hybridized carbons (Fsp3) is 0.800. The molecule has 0 heterocycles. The average molecular weight is 216 g/mol. The van der Waals surface area contributed by atoms with Gasteiger partial charge in [-0.15, -0.1) is 0 Å². The summed E-state index contributed by atoms with van der Waals surface area (Å²) in [7, 11) is 2.00. The summed E-state index contributed by atoms with van der Waals surface area (Å²) in [5, 5.41) is 0. The highest BCUT2D eigenvalue weighted by Gasteiger charge is 2.28. The van der Waals surface area contributed by atoms with Gasteiger partial charge in [-0.3, -0.25) is 0 Å². The van der Waals surface area contributed by atoms with Gasteiger partial charge in [-0.25, -0.2) is 4.79 Å². The lowest BCUT2D eigenvalue weighted by Gasteiger charge is -2.20. The molecule has 0 aliphatic carbocycles. The van der Waals surface area contributed by atoms with E-state index < -0.39 is 21.4 Å². The van der Waals surface area contributed by atoms with Crippen molar-refractivity contribution in [2.24, 2.45) is 0 Å². The molecule has 5 nitrogen and oxygen atoms in total. The van der Waals surface area contributed by atoms with Crippen molar-refractivity contribution in [2.75, 3.05) is 7.11 Å². The molecule has 0 saturated carbocycles. The summed E-state index contributed by atoms with van der Waals surface area (Å²) < 4.78 is 26.2. The predicted octanol–water partition coefficient (Wildman–Crippen LogP) is 0.947. The van der Waals surface area contributed by atoms with Crippen molar-refractivity contribution in [1.82, 2.24) is 4.31 Å². The number of halogens is 1. The van der Waals surface area contributed by atoms with Crippen molar-refractivity contribution in [3.63, 3.8) is 0 Å². The van der Waals surface area contributed by atoms with Crippen molar-refractivity contribution in [3.05, 3.63) is 0 Å². The van der Waals surface area contributed by atoms with Crippen LogP contribution in [-0.2, 0) is 14.0 Å². The summed E-state index contributed by atoms with van der Waals surface area (Å²) in [6, 6.07) is -0.556. The van der Waals surface area contributed by atoms with E-state index in [1.54, 1.807) is 0 Å². The zero-order chi connectivity index (χ0) is 9.94. The Morgan fingerprint density at radius 2 is 1.92 bits per heavy atom. The number of amides is 1. The fourth-order valence-corrected chi connectivity index (χ4v) is 2.04. The molecule has 1 amide bonds. The fourth-order valence-electron chi connectivity index (χ4n) is 0.642. The quantitative estimate of drug-likeness (QED) is 0.644. The highest BCUT2D eigenvalue weighted by molar-refractivity contribution is 8.12. The first-order chi connectivity index (χ1) is 5.30. The van der Waals surface area contributed by atoms with E-state index >= 15 is 0 Å². The zero-order valence-corrected chi connectivity index (χ0v) is 8.52. The van der Waals surface area contributed by atoms with Gasteiger partial charge < -0.3 is 4.74 Å². The molecule has 0 aliphatic rings. The molecule has 0 atom stereocenters. The maximum atomic E-state index is 10.8. The number of carbonyl (C=O) groups is 1. The van der Waals surface area contributed by atoms with Crippen LogP contribution >= 0.6 is 10.7 Å². The van der Waals surface area contributed by atoms with E-state index in [9.17, 15) is 13.2 Å². The Balaban J connectivity index is 4.82. The molecule has 0 bridgehead atoms. The molecule has 0 unspecified atom stereocenters. The normalized spacial score (nSPS) is 11.4. The van der Waals surface area contributed by atoms with Crippen LogP contribution in [0.4, 0.5) is 4.79 Å². The van der Waals surface area contributed by atoms with Crippen molar-refractivity contribution in [1.29, 1.82) is 0 Å². The van der Waals surface area contributed by atoms with E-state index in [1.807, 2.05) is 0 Å². The van der Waals surface area contributed by atoms with Gasteiger partial charge in [0.25, 0.3) is 0 Å². The Hall–Kier alpha value is -0.490. The Kier molecular flexibility index (Phi) is 3.79. The number of carbonyl (C=O) groups excluding carboxylic acids is 1. The summed E-state index contributed by atoms with van der Waals surface area (Å²) in [5.41, 5.74) is 0. The van der Waals surface area contributed by atoms with Crippen LogP contribution in [0.3, 0.4) is 0 Å². The SMILES string of the molecule is COC(=O)N(C(C)C)S(=O)(=O)Cl. The van der Waals surface area contributed by atoms with Crippen molar-refractivity contribution < 1.29 is 17.9 Å². The molecule has 0 fully saturated rings. The van der Waals surface area contributed by atoms with Gasteiger partial charge in [0.2, 0.25) is 0 Å². The van der Waals surface area contributed by atoms with Gasteiger partial charge in [0.05, 0.1) is 7.11 Å². The Labute approximate surface area is 75.8 Å². The van der Waals surface area contributed by atoms with Crippen LogP contribution in [0, 0.1) is 0 Å². The third-order valence-corrected chi connectivity index (χ3v) is 2.55. The molecule has 72 valence electrons. The lowest BCUT2D eigenvalue weighted by Crippen LogP contribution is -2.39. The molecule has 0 spiro atoms. The molecule has 0 N–H and O–H groups in total. The van der Waals surface area contributed by atoms with Crippen LogP contribution in [0.2, 0.25) is 0 Å². The van der Waals surface area contributed by atoms with Gasteiger partial charge >= 0.3 is 15.3 Å². The van der Waals surface area contributed by atoms with Crippen LogP contribution in [0.25, 0.3) is 0 Å². The second kappa shape index (κ2) is 3.95. The monoisotopic (exact) mass is 215 g/mol. The van der Waals surface area contributed by atoms with Gasteiger partial charge in [0.1, 0.15) is 0 Å². The molecule has 0 aliphatic heterocycles. The van der Waals surface area contributed by atoms with E-state index in [-0.39, 0.29) is 0 Å². The number of rotatable bonds is 2. The van der Waals surface area contributed by atoms with Crippen molar-refractivity contribution in [3.8, 4) is 0 Å². The summed E-state index contributed by atoms with van der Waals surface area (Å²) in [6.07, 6.45) is -0.986. The van der Waals surface area contributed by atoms with Gasteiger partial charge in [-0.2, -0.15) is 12.7 Å². The van der Waals surface area contributed by atoms with Crippen LogP contribution in [0.1, 0.15) is 13.8 Å². The van der Waals surface area contributed by atoms with Crippen LogP contribution in [0.5, 0.6) is 0 Å². The lowest BCUT2D eigenvalue weighted by molar-refractivity contribution is 0.143. The molecular formula is C5H10ClNO4S. The number of hydrogen-bond donors (Lipinski definition) is 0. The maximum absolute atomic E-state index is 10.8. The Bertz CT molecular complexity index is 261. The van der Waals surface area contributed by atoms with E-state index in [4.69, 9.17) is 10.7 Å². The molecule has 0 saturated heterocycles. The van der Waals surface area contributed by atoms with E-state index in [0.717, 1.165) is 7.11 Å². The van der Waals surface area contributed by atoms with Gasteiger partial charge in [0.15, 0.2) is 0 Å². The highest BCUT2D eigenvalue weighted by atomic mass is 35.7.